The van der Waals surface area contributed by atoms with Gasteiger partial charge in [0.25, 0.3) is 6.47 Å². The highest BCUT2D eigenvalue weighted by Gasteiger charge is 2.50. The molecule has 0 saturated carbocycles. The van der Waals surface area contributed by atoms with Crippen molar-refractivity contribution >= 4 is 53.4 Å². The third kappa shape index (κ3) is 16.2. The second-order valence-electron chi connectivity index (χ2n) is 16.9. The SMILES string of the molecule is C=C(C)Oc1ccccc1C(=O)OC1OC(COC(=O)c2ccccc2OC(C)=O)C(CC(=C)c2ccccc2CC)C(CC(=C)c2ccccc2CC(C)=O)C1OC(=C)c1ccccc1OC=O.CC.CC=O. The van der Waals surface area contributed by atoms with Crippen molar-refractivity contribution in [1.29, 1.82) is 0 Å². The van der Waals surface area contributed by atoms with E-state index in [0.29, 0.717) is 29.8 Å². The molecule has 0 radical (unpaired) electrons. The lowest BCUT2D eigenvalue weighted by atomic mass is 9.72. The van der Waals surface area contributed by atoms with Gasteiger partial charge in [0.05, 0.1) is 17.4 Å². The van der Waals surface area contributed by atoms with E-state index in [0.717, 1.165) is 34.1 Å². The van der Waals surface area contributed by atoms with Crippen molar-refractivity contribution in [3.8, 4) is 17.2 Å². The molecule has 1 aliphatic rings. The molecule has 13 heteroatoms. The van der Waals surface area contributed by atoms with Gasteiger partial charge in [0, 0.05) is 19.3 Å². The fourth-order valence-electron chi connectivity index (χ4n) is 8.55. The molecule has 0 aliphatic carbocycles. The maximum Gasteiger partial charge on any atom is 0.344 e. The number of aldehydes is 1. The number of esters is 3. The Morgan fingerprint density at radius 1 is 0.595 bits per heavy atom. The first kappa shape index (κ1) is 58.4. The standard InChI is InChI=1S/C57H56O12.C2H4O.C2H6/c1-9-41-20-10-12-22-43(41)36(4)30-48-49(31-37(5)44-23-13-11-21-42(44)32-38(6)59)54(66-39(7)45-24-14-17-27-50(45)64-34-58)57(69-56(62)47-26-16-18-28-51(47)65-35(2)3)68-53(48)33-63-55(61)46-25-15-19-29-52(46)67-40(8)60;1-2-3;1-2/h10-29,34,48-49,53-54,57H,2,4-5,7,9,30-33H2,1,3,6,8H3;2H,1H3;1-2H3. The predicted octanol–water partition coefficient (Wildman–Crippen LogP) is 12.2. The minimum Gasteiger partial charge on any atom is -0.483 e. The number of hydrogen-bond acceptors (Lipinski definition) is 13. The summed E-state index contributed by atoms with van der Waals surface area (Å²) in [6.07, 6.45) is -1.71. The molecule has 0 spiro atoms. The zero-order chi connectivity index (χ0) is 54.3. The second-order valence-corrected chi connectivity index (χ2v) is 16.9. The number of ether oxygens (including phenoxy) is 7. The van der Waals surface area contributed by atoms with Gasteiger partial charge in [-0.05, 0) is 116 Å². The number of aryl methyl sites for hydroxylation is 1. The lowest BCUT2D eigenvalue weighted by Gasteiger charge is -2.47. The maximum atomic E-state index is 14.5. The largest absolute Gasteiger partial charge is 0.483 e. The van der Waals surface area contributed by atoms with E-state index in [-0.39, 0.29) is 65.8 Å². The number of carbonyl (C=O) groups excluding carboxylic acids is 6. The number of Topliss-reactive ketones (excluding diaryl/α,β-unsaturated/α-hetero) is 1. The Labute approximate surface area is 434 Å². The molecule has 6 rings (SSSR count). The van der Waals surface area contributed by atoms with Gasteiger partial charge in [-0.3, -0.25) is 14.4 Å². The molecular formula is C61H66O13. The molecule has 5 aromatic carbocycles. The number of carbonyl (C=O) groups is 6. The monoisotopic (exact) mass is 1010 g/mol. The minimum atomic E-state index is -1.54. The summed E-state index contributed by atoms with van der Waals surface area (Å²) in [6, 6.07) is 34.7. The zero-order valence-electron chi connectivity index (χ0n) is 43.3. The smallest absolute Gasteiger partial charge is 0.344 e. The highest BCUT2D eigenvalue weighted by molar-refractivity contribution is 5.94. The first-order chi connectivity index (χ1) is 35.6. The Morgan fingerprint density at radius 2 is 1.07 bits per heavy atom. The number of hydrogen-bond donors (Lipinski definition) is 0. The van der Waals surface area contributed by atoms with Gasteiger partial charge in [-0.2, -0.15) is 0 Å². The van der Waals surface area contributed by atoms with Crippen molar-refractivity contribution in [2.24, 2.45) is 11.8 Å². The lowest BCUT2D eigenvalue weighted by Crippen LogP contribution is -2.55. The molecule has 5 unspecified atom stereocenters. The molecule has 0 bridgehead atoms. The summed E-state index contributed by atoms with van der Waals surface area (Å²) < 4.78 is 42.7. The topological polar surface area (TPSA) is 167 Å². The van der Waals surface area contributed by atoms with Gasteiger partial charge in [-0.15, -0.1) is 0 Å². The van der Waals surface area contributed by atoms with Crippen molar-refractivity contribution < 1.29 is 61.9 Å². The summed E-state index contributed by atoms with van der Waals surface area (Å²) >= 11 is 0. The van der Waals surface area contributed by atoms with Crippen molar-refractivity contribution in [2.75, 3.05) is 6.61 Å². The molecule has 1 saturated heterocycles. The Bertz CT molecular complexity index is 2810. The quantitative estimate of drug-likeness (QED) is 0.0278. The van der Waals surface area contributed by atoms with E-state index in [1.54, 1.807) is 61.5 Å². The molecule has 74 heavy (non-hydrogen) atoms. The average molecular weight is 1010 g/mol. The molecule has 0 amide bonds. The fourth-order valence-corrected chi connectivity index (χ4v) is 8.55. The van der Waals surface area contributed by atoms with Crippen LogP contribution in [0.3, 0.4) is 0 Å². The van der Waals surface area contributed by atoms with Gasteiger partial charge in [0.2, 0.25) is 6.29 Å². The molecule has 5 atom stereocenters. The Hall–Kier alpha value is -8.16. The van der Waals surface area contributed by atoms with Gasteiger partial charge in [0.15, 0.2) is 6.10 Å². The lowest BCUT2D eigenvalue weighted by molar-refractivity contribution is -0.256. The van der Waals surface area contributed by atoms with Crippen molar-refractivity contribution in [2.45, 2.75) is 92.6 Å². The van der Waals surface area contributed by atoms with Crippen LogP contribution in [-0.2, 0) is 51.0 Å². The van der Waals surface area contributed by atoms with Crippen LogP contribution in [0.25, 0.3) is 16.9 Å². The molecular weight excluding hydrogens is 941 g/mol. The van der Waals surface area contributed by atoms with E-state index >= 15 is 0 Å². The summed E-state index contributed by atoms with van der Waals surface area (Å²) in [5, 5.41) is 0. The van der Waals surface area contributed by atoms with E-state index in [1.165, 1.54) is 39.0 Å². The van der Waals surface area contributed by atoms with Crippen molar-refractivity contribution in [3.05, 3.63) is 192 Å². The van der Waals surface area contributed by atoms with Crippen LogP contribution in [0.1, 0.15) is 110 Å². The summed E-state index contributed by atoms with van der Waals surface area (Å²) in [6.45, 7) is 29.1. The third-order valence-electron chi connectivity index (χ3n) is 11.6. The van der Waals surface area contributed by atoms with E-state index in [9.17, 15) is 24.0 Å². The predicted molar refractivity (Wildman–Crippen MR) is 285 cm³/mol. The summed E-state index contributed by atoms with van der Waals surface area (Å²) in [5.41, 5.74) is 5.23. The van der Waals surface area contributed by atoms with Crippen LogP contribution in [0.5, 0.6) is 17.2 Å². The van der Waals surface area contributed by atoms with Gasteiger partial charge in [-0.25, -0.2) is 9.59 Å². The number of allylic oxidation sites excluding steroid dienone is 3. The first-order valence-corrected chi connectivity index (χ1v) is 24.3. The molecule has 0 N–H and O–H groups in total. The Morgan fingerprint density at radius 3 is 1.61 bits per heavy atom. The van der Waals surface area contributed by atoms with Crippen molar-refractivity contribution in [3.63, 3.8) is 0 Å². The number of para-hydroxylation sites is 3. The Balaban J connectivity index is 0.00000229. The van der Waals surface area contributed by atoms with Gasteiger partial charge >= 0.3 is 17.9 Å². The van der Waals surface area contributed by atoms with Crippen LogP contribution >= 0.6 is 0 Å². The van der Waals surface area contributed by atoms with E-state index in [4.69, 9.17) is 38.0 Å². The summed E-state index contributed by atoms with van der Waals surface area (Å²) in [4.78, 5) is 73.6. The first-order valence-electron chi connectivity index (χ1n) is 24.3. The molecule has 0 aromatic heterocycles. The van der Waals surface area contributed by atoms with Crippen LogP contribution in [0.15, 0.2) is 153 Å². The van der Waals surface area contributed by atoms with Crippen molar-refractivity contribution in [1.82, 2.24) is 0 Å². The summed E-state index contributed by atoms with van der Waals surface area (Å²) in [7, 11) is 0. The number of benzene rings is 5. The highest BCUT2D eigenvalue weighted by Crippen LogP contribution is 2.46. The van der Waals surface area contributed by atoms with E-state index < -0.39 is 48.2 Å². The molecule has 1 fully saturated rings. The molecule has 1 heterocycles. The van der Waals surface area contributed by atoms with Crippen LogP contribution < -0.4 is 14.2 Å². The van der Waals surface area contributed by atoms with Crippen LogP contribution in [-0.4, -0.2) is 61.6 Å². The minimum absolute atomic E-state index is 0.000775. The normalized spacial score (nSPS) is 16.4. The van der Waals surface area contributed by atoms with E-state index in [1.807, 2.05) is 62.4 Å². The van der Waals surface area contributed by atoms with Crippen LogP contribution in [0.4, 0.5) is 0 Å². The van der Waals surface area contributed by atoms with Crippen LogP contribution in [0.2, 0.25) is 0 Å². The zero-order valence-corrected chi connectivity index (χ0v) is 43.3. The van der Waals surface area contributed by atoms with Crippen LogP contribution in [0, 0.1) is 11.8 Å². The fraction of sp³-hybridized carbons (Fsp3) is 0.279. The maximum absolute atomic E-state index is 14.5. The van der Waals surface area contributed by atoms with Gasteiger partial charge < -0.3 is 38.0 Å². The Kier molecular flexibility index (Phi) is 23.2. The molecule has 1 aliphatic heterocycles. The van der Waals surface area contributed by atoms with E-state index in [2.05, 4.69) is 33.2 Å². The molecule has 388 valence electrons. The highest BCUT2D eigenvalue weighted by atomic mass is 16.7. The molecule has 13 nitrogen and oxygen atoms in total. The second kappa shape index (κ2) is 29.4. The molecule has 5 aromatic rings. The average Bonchev–Trinajstić information content (AvgIpc) is 3.38. The summed E-state index contributed by atoms with van der Waals surface area (Å²) in [5.74, 6) is -2.93. The van der Waals surface area contributed by atoms with Gasteiger partial charge in [-0.1, -0.05) is 132 Å². The number of rotatable bonds is 22. The number of ketones is 1. The van der Waals surface area contributed by atoms with Gasteiger partial charge in [0.1, 0.15) is 52.8 Å². The third-order valence-corrected chi connectivity index (χ3v) is 11.6.